The number of carbonyl (C=O) groups excluding carboxylic acids is 1. The van der Waals surface area contributed by atoms with Gasteiger partial charge in [-0.15, -0.1) is 0 Å². The Hall–Kier alpha value is -2.09. The molecule has 0 unspecified atom stereocenters. The highest BCUT2D eigenvalue weighted by atomic mass is 35.5. The van der Waals surface area contributed by atoms with E-state index in [-0.39, 0.29) is 10.8 Å². The summed E-state index contributed by atoms with van der Waals surface area (Å²) in [6.45, 7) is 4.60. The molecule has 8 heteroatoms. The van der Waals surface area contributed by atoms with Crippen molar-refractivity contribution < 1.29 is 13.2 Å². The minimum Gasteiger partial charge on any atom is -0.367 e. The molecule has 2 aromatic rings. The second-order valence-corrected chi connectivity index (χ2v) is 8.43. The van der Waals surface area contributed by atoms with Gasteiger partial charge in [-0.1, -0.05) is 30.7 Å². The van der Waals surface area contributed by atoms with Crippen LogP contribution in [0.2, 0.25) is 5.02 Å². The summed E-state index contributed by atoms with van der Waals surface area (Å²) in [5.41, 5.74) is 1.46. The second-order valence-electron chi connectivity index (χ2n) is 6.26. The van der Waals surface area contributed by atoms with Crippen molar-refractivity contribution in [1.29, 1.82) is 0 Å². The SMILES string of the molecule is CCNS(=O)(=O)c1ccc(C(=O)N2CCN(c3ccccc3Cl)CC2)cc1. The van der Waals surface area contributed by atoms with Gasteiger partial charge in [0.15, 0.2) is 0 Å². The number of piperazine rings is 1. The van der Waals surface area contributed by atoms with Gasteiger partial charge in [-0.3, -0.25) is 4.79 Å². The molecule has 1 aliphatic heterocycles. The number of para-hydroxylation sites is 1. The molecule has 0 saturated carbocycles. The highest BCUT2D eigenvalue weighted by molar-refractivity contribution is 7.89. The Balaban J connectivity index is 1.65. The normalized spacial score (nSPS) is 15.0. The van der Waals surface area contributed by atoms with Crippen molar-refractivity contribution in [3.05, 3.63) is 59.1 Å². The number of benzene rings is 2. The van der Waals surface area contributed by atoms with Gasteiger partial charge in [0.1, 0.15) is 0 Å². The maximum absolute atomic E-state index is 12.7. The number of nitrogens with zero attached hydrogens (tertiary/aromatic N) is 2. The summed E-state index contributed by atoms with van der Waals surface area (Å²) in [6, 6.07) is 13.7. The first-order valence-corrected chi connectivity index (χ1v) is 10.7. The van der Waals surface area contributed by atoms with Gasteiger partial charge >= 0.3 is 0 Å². The Bertz CT molecular complexity index is 908. The molecule has 1 N–H and O–H groups in total. The molecule has 27 heavy (non-hydrogen) atoms. The third-order valence-corrected chi connectivity index (χ3v) is 6.39. The van der Waals surface area contributed by atoms with Crippen LogP contribution in [0, 0.1) is 0 Å². The Morgan fingerprint density at radius 2 is 1.67 bits per heavy atom. The van der Waals surface area contributed by atoms with Crippen LogP contribution >= 0.6 is 11.6 Å². The number of carbonyl (C=O) groups is 1. The fourth-order valence-corrected chi connectivity index (χ4v) is 4.39. The highest BCUT2D eigenvalue weighted by Crippen LogP contribution is 2.26. The van der Waals surface area contributed by atoms with Gasteiger partial charge in [0.25, 0.3) is 5.91 Å². The lowest BCUT2D eigenvalue weighted by Crippen LogP contribution is -2.48. The summed E-state index contributed by atoms with van der Waals surface area (Å²) in [5.74, 6) is -0.0961. The molecule has 3 rings (SSSR count). The molecule has 1 aliphatic rings. The Labute approximate surface area is 164 Å². The lowest BCUT2D eigenvalue weighted by Gasteiger charge is -2.36. The molecule has 144 valence electrons. The fraction of sp³-hybridized carbons (Fsp3) is 0.316. The first kappa shape index (κ1) is 19.7. The van der Waals surface area contributed by atoms with Crippen LogP contribution in [0.5, 0.6) is 0 Å². The van der Waals surface area contributed by atoms with E-state index in [1.54, 1.807) is 24.0 Å². The molecule has 1 saturated heterocycles. The van der Waals surface area contributed by atoms with Crippen molar-refractivity contribution in [1.82, 2.24) is 9.62 Å². The lowest BCUT2D eigenvalue weighted by molar-refractivity contribution is 0.0746. The standard InChI is InChI=1S/C19H22ClN3O3S/c1-2-21-27(25,26)16-9-7-15(8-10-16)19(24)23-13-11-22(12-14-23)18-6-4-3-5-17(18)20/h3-10,21H,2,11-14H2,1H3. The van der Waals surface area contributed by atoms with E-state index in [9.17, 15) is 13.2 Å². The average molecular weight is 408 g/mol. The van der Waals surface area contributed by atoms with Crippen LogP contribution in [0.1, 0.15) is 17.3 Å². The topological polar surface area (TPSA) is 69.7 Å². The van der Waals surface area contributed by atoms with E-state index in [2.05, 4.69) is 9.62 Å². The molecule has 0 aromatic heterocycles. The number of halogens is 1. The molecular formula is C19H22ClN3O3S. The molecule has 0 atom stereocenters. The number of hydrogen-bond donors (Lipinski definition) is 1. The largest absolute Gasteiger partial charge is 0.367 e. The van der Waals surface area contributed by atoms with Gasteiger partial charge in [-0.2, -0.15) is 0 Å². The van der Waals surface area contributed by atoms with Gasteiger partial charge in [0.2, 0.25) is 10.0 Å². The molecular weight excluding hydrogens is 386 g/mol. The molecule has 1 heterocycles. The van der Waals surface area contributed by atoms with E-state index in [1.807, 2.05) is 24.3 Å². The zero-order chi connectivity index (χ0) is 19.4. The first-order chi connectivity index (χ1) is 12.9. The van der Waals surface area contributed by atoms with E-state index in [0.29, 0.717) is 43.3 Å². The van der Waals surface area contributed by atoms with Crippen LogP contribution in [0.3, 0.4) is 0 Å². The van der Waals surface area contributed by atoms with E-state index in [4.69, 9.17) is 11.6 Å². The molecule has 0 radical (unpaired) electrons. The molecule has 2 aromatic carbocycles. The smallest absolute Gasteiger partial charge is 0.253 e. The van der Waals surface area contributed by atoms with Crippen LogP contribution in [-0.4, -0.2) is 51.9 Å². The van der Waals surface area contributed by atoms with Crippen LogP contribution in [0.15, 0.2) is 53.4 Å². The summed E-state index contributed by atoms with van der Waals surface area (Å²) < 4.78 is 26.4. The van der Waals surface area contributed by atoms with E-state index in [1.165, 1.54) is 12.1 Å². The zero-order valence-electron chi connectivity index (χ0n) is 15.1. The van der Waals surface area contributed by atoms with Gasteiger partial charge in [-0.05, 0) is 36.4 Å². The van der Waals surface area contributed by atoms with Gasteiger partial charge in [-0.25, -0.2) is 13.1 Å². The number of amides is 1. The summed E-state index contributed by atoms with van der Waals surface area (Å²) in [5, 5.41) is 0.703. The fourth-order valence-electron chi connectivity index (χ4n) is 3.09. The van der Waals surface area contributed by atoms with Crippen LogP contribution in [-0.2, 0) is 10.0 Å². The zero-order valence-corrected chi connectivity index (χ0v) is 16.6. The van der Waals surface area contributed by atoms with Crippen molar-refractivity contribution in [3.8, 4) is 0 Å². The number of sulfonamides is 1. The van der Waals surface area contributed by atoms with E-state index < -0.39 is 10.0 Å². The van der Waals surface area contributed by atoms with Crippen molar-refractivity contribution in [3.63, 3.8) is 0 Å². The Kier molecular flexibility index (Phi) is 6.04. The predicted molar refractivity (Wildman–Crippen MR) is 107 cm³/mol. The van der Waals surface area contributed by atoms with Crippen molar-refractivity contribution in [2.45, 2.75) is 11.8 Å². The molecule has 1 amide bonds. The molecule has 0 aliphatic carbocycles. The van der Waals surface area contributed by atoms with Crippen LogP contribution in [0.4, 0.5) is 5.69 Å². The first-order valence-electron chi connectivity index (χ1n) is 8.81. The Morgan fingerprint density at radius 3 is 2.26 bits per heavy atom. The predicted octanol–water partition coefficient (Wildman–Crippen LogP) is 2.60. The summed E-state index contributed by atoms with van der Waals surface area (Å²) >= 11 is 6.25. The number of nitrogens with one attached hydrogen (secondary N) is 1. The second kappa shape index (κ2) is 8.29. The third-order valence-electron chi connectivity index (χ3n) is 4.51. The lowest BCUT2D eigenvalue weighted by atomic mass is 10.1. The molecule has 6 nitrogen and oxygen atoms in total. The highest BCUT2D eigenvalue weighted by Gasteiger charge is 2.23. The average Bonchev–Trinajstić information content (AvgIpc) is 2.68. The monoisotopic (exact) mass is 407 g/mol. The maximum atomic E-state index is 12.7. The minimum atomic E-state index is -3.51. The quantitative estimate of drug-likeness (QED) is 0.827. The summed E-state index contributed by atoms with van der Waals surface area (Å²) in [4.78, 5) is 16.8. The maximum Gasteiger partial charge on any atom is 0.253 e. The number of hydrogen-bond acceptors (Lipinski definition) is 4. The summed E-state index contributed by atoms with van der Waals surface area (Å²) in [7, 11) is -3.51. The van der Waals surface area contributed by atoms with Gasteiger partial charge in [0.05, 0.1) is 15.6 Å². The van der Waals surface area contributed by atoms with Gasteiger partial charge < -0.3 is 9.80 Å². The molecule has 0 bridgehead atoms. The molecule has 0 spiro atoms. The number of anilines is 1. The van der Waals surface area contributed by atoms with E-state index in [0.717, 1.165) is 5.69 Å². The Morgan fingerprint density at radius 1 is 1.04 bits per heavy atom. The third kappa shape index (κ3) is 4.43. The van der Waals surface area contributed by atoms with Gasteiger partial charge in [0, 0.05) is 38.3 Å². The van der Waals surface area contributed by atoms with Crippen molar-refractivity contribution >= 4 is 33.2 Å². The molecule has 1 fully saturated rings. The summed E-state index contributed by atoms with van der Waals surface area (Å²) in [6.07, 6.45) is 0. The van der Waals surface area contributed by atoms with E-state index >= 15 is 0 Å². The minimum absolute atomic E-state index is 0.0961. The van der Waals surface area contributed by atoms with Crippen LogP contribution < -0.4 is 9.62 Å². The van der Waals surface area contributed by atoms with Crippen molar-refractivity contribution in [2.24, 2.45) is 0 Å². The van der Waals surface area contributed by atoms with Crippen molar-refractivity contribution in [2.75, 3.05) is 37.6 Å². The number of rotatable bonds is 5. The van der Waals surface area contributed by atoms with Crippen LogP contribution in [0.25, 0.3) is 0 Å².